The van der Waals surface area contributed by atoms with Crippen LogP contribution in [0, 0.1) is 5.41 Å². The number of benzene rings is 2. The number of amides is 1. The number of piperidine rings is 1. The van der Waals surface area contributed by atoms with Crippen molar-refractivity contribution in [3.63, 3.8) is 0 Å². The first-order valence-electron chi connectivity index (χ1n) is 9.33. The molecular formula is C22H25NO5. The first-order chi connectivity index (χ1) is 13.5. The third-order valence-corrected chi connectivity index (χ3v) is 5.14. The van der Waals surface area contributed by atoms with Crippen LogP contribution in [0.25, 0.3) is 0 Å². The average molecular weight is 383 g/mol. The summed E-state index contributed by atoms with van der Waals surface area (Å²) in [5.74, 6) is -0.980. The molecule has 6 nitrogen and oxygen atoms in total. The Morgan fingerprint density at radius 3 is 2.18 bits per heavy atom. The fourth-order valence-electron chi connectivity index (χ4n) is 3.38. The Morgan fingerprint density at radius 1 is 1.04 bits per heavy atom. The number of carboxylic acid groups (broad SMARTS) is 1. The maximum absolute atomic E-state index is 12.4. The van der Waals surface area contributed by atoms with E-state index in [0.29, 0.717) is 19.6 Å². The van der Waals surface area contributed by atoms with Gasteiger partial charge in [-0.3, -0.25) is 4.79 Å². The zero-order valence-electron chi connectivity index (χ0n) is 15.9. The Kier molecular flexibility index (Phi) is 6.31. The van der Waals surface area contributed by atoms with Gasteiger partial charge in [-0.1, -0.05) is 60.7 Å². The minimum absolute atomic E-state index is 0.0510. The SMILES string of the molecule is CC1(C(=O)O)CN(C(=O)OCc2ccccc2)CCC1OCc1ccccc1. The van der Waals surface area contributed by atoms with Crippen LogP contribution < -0.4 is 0 Å². The summed E-state index contributed by atoms with van der Waals surface area (Å²) < 4.78 is 11.3. The van der Waals surface area contributed by atoms with Gasteiger partial charge in [0.15, 0.2) is 0 Å². The van der Waals surface area contributed by atoms with Crippen molar-refractivity contribution >= 4 is 12.1 Å². The van der Waals surface area contributed by atoms with Gasteiger partial charge < -0.3 is 19.5 Å². The molecule has 1 heterocycles. The Bertz CT molecular complexity index is 795. The molecule has 2 aromatic carbocycles. The third kappa shape index (κ3) is 4.70. The number of carbonyl (C=O) groups is 2. The molecule has 0 radical (unpaired) electrons. The topological polar surface area (TPSA) is 76.1 Å². The van der Waals surface area contributed by atoms with Crippen molar-refractivity contribution < 1.29 is 24.2 Å². The van der Waals surface area contributed by atoms with Crippen molar-refractivity contribution in [2.24, 2.45) is 5.41 Å². The minimum atomic E-state index is -1.20. The summed E-state index contributed by atoms with van der Waals surface area (Å²) in [6.07, 6.45) is -0.544. The Hall–Kier alpha value is -2.86. The van der Waals surface area contributed by atoms with Crippen LogP contribution in [0.4, 0.5) is 4.79 Å². The summed E-state index contributed by atoms with van der Waals surface area (Å²) >= 11 is 0. The maximum Gasteiger partial charge on any atom is 0.410 e. The molecule has 0 spiro atoms. The molecule has 3 rings (SSSR count). The number of hydrogen-bond acceptors (Lipinski definition) is 4. The van der Waals surface area contributed by atoms with Crippen LogP contribution in [0.3, 0.4) is 0 Å². The second kappa shape index (κ2) is 8.89. The maximum atomic E-state index is 12.4. The number of carbonyl (C=O) groups excluding carboxylic acids is 1. The van der Waals surface area contributed by atoms with Gasteiger partial charge in [-0.2, -0.15) is 0 Å². The highest BCUT2D eigenvalue weighted by atomic mass is 16.6. The van der Waals surface area contributed by atoms with Crippen LogP contribution in [-0.4, -0.2) is 41.3 Å². The highest BCUT2D eigenvalue weighted by molar-refractivity contribution is 5.77. The van der Waals surface area contributed by atoms with Crippen LogP contribution in [-0.2, 0) is 27.5 Å². The van der Waals surface area contributed by atoms with E-state index in [9.17, 15) is 14.7 Å². The van der Waals surface area contributed by atoms with Gasteiger partial charge in [-0.05, 0) is 24.5 Å². The van der Waals surface area contributed by atoms with Gasteiger partial charge in [-0.15, -0.1) is 0 Å². The van der Waals surface area contributed by atoms with Crippen molar-refractivity contribution in [2.75, 3.05) is 13.1 Å². The number of nitrogens with zero attached hydrogens (tertiary/aromatic N) is 1. The second-order valence-corrected chi connectivity index (χ2v) is 7.26. The first-order valence-corrected chi connectivity index (χ1v) is 9.33. The smallest absolute Gasteiger partial charge is 0.410 e. The van der Waals surface area contributed by atoms with Crippen LogP contribution in [0.5, 0.6) is 0 Å². The Morgan fingerprint density at radius 2 is 1.61 bits per heavy atom. The van der Waals surface area contributed by atoms with Crippen LogP contribution in [0.2, 0.25) is 0 Å². The first kappa shape index (κ1) is 19.9. The number of rotatable bonds is 6. The van der Waals surface area contributed by atoms with Gasteiger partial charge in [-0.25, -0.2) is 4.79 Å². The summed E-state index contributed by atoms with van der Waals surface area (Å²) in [6, 6.07) is 19.0. The Labute approximate surface area is 164 Å². The average Bonchev–Trinajstić information content (AvgIpc) is 2.72. The summed E-state index contributed by atoms with van der Waals surface area (Å²) in [7, 11) is 0. The van der Waals surface area contributed by atoms with Gasteiger partial charge in [0.1, 0.15) is 12.0 Å². The monoisotopic (exact) mass is 383 g/mol. The summed E-state index contributed by atoms with van der Waals surface area (Å²) in [5.41, 5.74) is 0.677. The van der Waals surface area contributed by atoms with E-state index in [1.165, 1.54) is 4.90 Å². The molecule has 1 aliphatic heterocycles. The molecule has 1 fully saturated rings. The number of hydrogen-bond donors (Lipinski definition) is 1. The number of carboxylic acids is 1. The molecule has 2 aromatic rings. The fourth-order valence-corrected chi connectivity index (χ4v) is 3.38. The van der Waals surface area contributed by atoms with Gasteiger partial charge >= 0.3 is 12.1 Å². The van der Waals surface area contributed by atoms with Crippen molar-refractivity contribution in [1.29, 1.82) is 0 Å². The number of ether oxygens (including phenoxy) is 2. The summed E-state index contributed by atoms with van der Waals surface area (Å²) in [4.78, 5) is 25.9. The zero-order chi connectivity index (χ0) is 20.0. The molecule has 28 heavy (non-hydrogen) atoms. The normalized spacial score (nSPS) is 21.9. The molecule has 1 saturated heterocycles. The molecule has 1 aliphatic rings. The zero-order valence-corrected chi connectivity index (χ0v) is 15.9. The lowest BCUT2D eigenvalue weighted by Gasteiger charge is -2.42. The van der Waals surface area contributed by atoms with Crippen molar-refractivity contribution in [2.45, 2.75) is 32.7 Å². The standard InChI is InChI=1S/C22H25NO5/c1-22(20(24)25)16-23(21(26)28-15-18-10-6-3-7-11-18)13-12-19(22)27-14-17-8-4-2-5-9-17/h2-11,19H,12-16H2,1H3,(H,24,25). The van der Waals surface area contributed by atoms with E-state index in [0.717, 1.165) is 11.1 Å². The summed E-state index contributed by atoms with van der Waals surface area (Å²) in [6.45, 7) is 2.58. The molecule has 0 bridgehead atoms. The van der Waals surface area contributed by atoms with E-state index in [-0.39, 0.29) is 13.2 Å². The molecule has 6 heteroatoms. The quantitative estimate of drug-likeness (QED) is 0.823. The fraction of sp³-hybridized carbons (Fsp3) is 0.364. The molecule has 0 aromatic heterocycles. The van der Waals surface area contributed by atoms with Gasteiger partial charge in [0.2, 0.25) is 0 Å². The third-order valence-electron chi connectivity index (χ3n) is 5.14. The van der Waals surface area contributed by atoms with E-state index in [1.54, 1.807) is 6.92 Å². The Balaban J connectivity index is 1.60. The van der Waals surface area contributed by atoms with Crippen molar-refractivity contribution in [3.05, 3.63) is 71.8 Å². The van der Waals surface area contributed by atoms with Gasteiger partial charge in [0.25, 0.3) is 0 Å². The minimum Gasteiger partial charge on any atom is -0.481 e. The lowest BCUT2D eigenvalue weighted by atomic mass is 9.79. The van der Waals surface area contributed by atoms with Crippen molar-refractivity contribution in [3.8, 4) is 0 Å². The van der Waals surface area contributed by atoms with Crippen molar-refractivity contribution in [1.82, 2.24) is 4.90 Å². The highest BCUT2D eigenvalue weighted by Crippen LogP contribution is 2.33. The van der Waals surface area contributed by atoms with E-state index >= 15 is 0 Å². The lowest BCUT2D eigenvalue weighted by Crippen LogP contribution is -2.56. The molecular weight excluding hydrogens is 358 g/mol. The predicted octanol–water partition coefficient (Wildman–Crippen LogP) is 3.71. The molecule has 1 amide bonds. The van der Waals surface area contributed by atoms with Gasteiger partial charge in [0.05, 0.1) is 12.7 Å². The van der Waals surface area contributed by atoms with Crippen LogP contribution >= 0.6 is 0 Å². The molecule has 0 aliphatic carbocycles. The molecule has 1 N–H and O–H groups in total. The highest BCUT2D eigenvalue weighted by Gasteiger charge is 2.48. The second-order valence-electron chi connectivity index (χ2n) is 7.26. The van der Waals surface area contributed by atoms with Crippen LogP contribution in [0.1, 0.15) is 24.5 Å². The van der Waals surface area contributed by atoms with Crippen LogP contribution in [0.15, 0.2) is 60.7 Å². The molecule has 0 saturated carbocycles. The van der Waals surface area contributed by atoms with E-state index in [1.807, 2.05) is 60.7 Å². The summed E-state index contributed by atoms with van der Waals surface area (Å²) in [5, 5.41) is 9.81. The molecule has 148 valence electrons. The van der Waals surface area contributed by atoms with E-state index in [4.69, 9.17) is 9.47 Å². The number of likely N-dealkylation sites (tertiary alicyclic amines) is 1. The predicted molar refractivity (Wildman–Crippen MR) is 104 cm³/mol. The molecule has 2 unspecified atom stereocenters. The number of aliphatic carboxylic acids is 1. The van der Waals surface area contributed by atoms with E-state index < -0.39 is 23.6 Å². The van der Waals surface area contributed by atoms with Gasteiger partial charge in [0, 0.05) is 13.1 Å². The lowest BCUT2D eigenvalue weighted by molar-refractivity contribution is -0.166. The van der Waals surface area contributed by atoms with E-state index in [2.05, 4.69) is 0 Å². The molecule has 2 atom stereocenters. The largest absolute Gasteiger partial charge is 0.481 e.